The Balaban J connectivity index is 2.37. The number of aromatic amines is 1. The van der Waals surface area contributed by atoms with Gasteiger partial charge in [-0.3, -0.25) is 4.98 Å². The maximum absolute atomic E-state index is 11.2. The van der Waals surface area contributed by atoms with Crippen LogP contribution in [-0.2, 0) is 0 Å². The van der Waals surface area contributed by atoms with Crippen LogP contribution < -0.4 is 22.1 Å². The monoisotopic (exact) mass is 209 g/mol. The van der Waals surface area contributed by atoms with Gasteiger partial charge in [0.2, 0.25) is 0 Å². The first-order valence-corrected chi connectivity index (χ1v) is 5.08. The second kappa shape index (κ2) is 3.80. The molecule has 6 heteroatoms. The Hall–Kier alpha value is -1.72. The Bertz CT molecular complexity index is 407. The average molecular weight is 209 g/mol. The van der Waals surface area contributed by atoms with E-state index in [-0.39, 0.29) is 5.82 Å². The van der Waals surface area contributed by atoms with E-state index >= 15 is 0 Å². The van der Waals surface area contributed by atoms with Crippen molar-refractivity contribution >= 4 is 17.3 Å². The summed E-state index contributed by atoms with van der Waals surface area (Å²) >= 11 is 0. The van der Waals surface area contributed by atoms with Gasteiger partial charge in [0.05, 0.1) is 0 Å². The number of hydrogen-bond donors (Lipinski definition) is 3. The number of nitrogen functional groups attached to an aromatic ring is 2. The third-order valence-electron chi connectivity index (χ3n) is 2.64. The van der Waals surface area contributed by atoms with E-state index in [0.717, 1.165) is 25.9 Å². The molecule has 1 saturated heterocycles. The Kier molecular flexibility index (Phi) is 2.49. The summed E-state index contributed by atoms with van der Waals surface area (Å²) in [6, 6.07) is 0. The maximum Gasteiger partial charge on any atom is 0.348 e. The molecule has 2 heterocycles. The summed E-state index contributed by atoms with van der Waals surface area (Å²) in [4.78, 5) is 19.4. The van der Waals surface area contributed by atoms with Crippen molar-refractivity contribution in [3.05, 3.63) is 10.5 Å². The SMILES string of the molecule is Nc1[nH]c(=O)nc(N2CCCCC2)c1N. The topological polar surface area (TPSA) is 101 Å². The summed E-state index contributed by atoms with van der Waals surface area (Å²) < 4.78 is 0. The third-order valence-corrected chi connectivity index (χ3v) is 2.64. The number of anilines is 3. The molecular formula is C9H15N5O. The number of rotatable bonds is 1. The molecule has 0 atom stereocenters. The summed E-state index contributed by atoms with van der Waals surface area (Å²) in [5.74, 6) is 0.728. The lowest BCUT2D eigenvalue weighted by Gasteiger charge is -2.28. The van der Waals surface area contributed by atoms with E-state index in [2.05, 4.69) is 9.97 Å². The smallest absolute Gasteiger partial charge is 0.348 e. The number of aromatic nitrogens is 2. The average Bonchev–Trinajstić information content (AvgIpc) is 2.24. The molecule has 1 aliphatic rings. The molecule has 6 nitrogen and oxygen atoms in total. The molecule has 0 saturated carbocycles. The van der Waals surface area contributed by atoms with Crippen LogP contribution in [0.5, 0.6) is 0 Å². The molecule has 1 fully saturated rings. The van der Waals surface area contributed by atoms with E-state index in [0.29, 0.717) is 11.5 Å². The predicted octanol–water partition coefficient (Wildman–Crippen LogP) is -0.0754. The van der Waals surface area contributed by atoms with Crippen LogP contribution in [0.25, 0.3) is 0 Å². The van der Waals surface area contributed by atoms with Crippen molar-refractivity contribution in [3.63, 3.8) is 0 Å². The first-order valence-electron chi connectivity index (χ1n) is 5.08. The second-order valence-electron chi connectivity index (χ2n) is 3.74. The number of piperidine rings is 1. The zero-order valence-corrected chi connectivity index (χ0v) is 8.49. The van der Waals surface area contributed by atoms with Crippen LogP contribution in [0.1, 0.15) is 19.3 Å². The lowest BCUT2D eigenvalue weighted by molar-refractivity contribution is 0.573. The van der Waals surface area contributed by atoms with Gasteiger partial charge in [-0.2, -0.15) is 4.98 Å². The third kappa shape index (κ3) is 1.88. The van der Waals surface area contributed by atoms with Crippen molar-refractivity contribution in [2.75, 3.05) is 29.5 Å². The molecule has 1 aliphatic heterocycles. The highest BCUT2D eigenvalue weighted by Crippen LogP contribution is 2.25. The molecule has 0 radical (unpaired) electrons. The van der Waals surface area contributed by atoms with E-state index < -0.39 is 5.69 Å². The van der Waals surface area contributed by atoms with E-state index in [1.165, 1.54) is 6.42 Å². The lowest BCUT2D eigenvalue weighted by Crippen LogP contribution is -2.33. The Morgan fingerprint density at radius 1 is 1.20 bits per heavy atom. The molecule has 0 aliphatic carbocycles. The van der Waals surface area contributed by atoms with Crippen LogP contribution in [0.3, 0.4) is 0 Å². The van der Waals surface area contributed by atoms with E-state index in [1.54, 1.807) is 0 Å². The van der Waals surface area contributed by atoms with Crippen LogP contribution in [0.4, 0.5) is 17.3 Å². The highest BCUT2D eigenvalue weighted by Gasteiger charge is 2.16. The molecule has 0 amide bonds. The molecule has 0 unspecified atom stereocenters. The van der Waals surface area contributed by atoms with Gasteiger partial charge in [-0.25, -0.2) is 4.79 Å². The van der Waals surface area contributed by atoms with Crippen molar-refractivity contribution in [2.24, 2.45) is 0 Å². The van der Waals surface area contributed by atoms with Crippen LogP contribution in [0.2, 0.25) is 0 Å². The van der Waals surface area contributed by atoms with Crippen molar-refractivity contribution in [3.8, 4) is 0 Å². The van der Waals surface area contributed by atoms with Crippen molar-refractivity contribution in [1.82, 2.24) is 9.97 Å². The van der Waals surface area contributed by atoms with E-state index in [4.69, 9.17) is 11.5 Å². The van der Waals surface area contributed by atoms with Gasteiger partial charge in [0.1, 0.15) is 11.5 Å². The van der Waals surface area contributed by atoms with Crippen LogP contribution in [-0.4, -0.2) is 23.1 Å². The van der Waals surface area contributed by atoms with Gasteiger partial charge in [-0.05, 0) is 19.3 Å². The predicted molar refractivity (Wildman–Crippen MR) is 59.7 cm³/mol. The second-order valence-corrected chi connectivity index (χ2v) is 3.74. The molecule has 0 spiro atoms. The minimum absolute atomic E-state index is 0.204. The van der Waals surface area contributed by atoms with Gasteiger partial charge in [0.25, 0.3) is 0 Å². The summed E-state index contributed by atoms with van der Waals surface area (Å²) in [6.45, 7) is 1.78. The Morgan fingerprint density at radius 3 is 2.53 bits per heavy atom. The largest absolute Gasteiger partial charge is 0.393 e. The van der Waals surface area contributed by atoms with E-state index in [9.17, 15) is 4.79 Å². The van der Waals surface area contributed by atoms with Crippen molar-refractivity contribution in [1.29, 1.82) is 0 Å². The minimum Gasteiger partial charge on any atom is -0.393 e. The lowest BCUT2D eigenvalue weighted by atomic mass is 10.1. The standard InChI is InChI=1S/C9H15N5O/c10-6-7(11)12-9(15)13-8(6)14-4-2-1-3-5-14/h1-5,10H2,(H3,11,12,13,15). The number of nitrogens with two attached hydrogens (primary N) is 2. The minimum atomic E-state index is -0.442. The van der Waals surface area contributed by atoms with Gasteiger partial charge in [0.15, 0.2) is 5.82 Å². The molecule has 82 valence electrons. The van der Waals surface area contributed by atoms with Crippen molar-refractivity contribution in [2.45, 2.75) is 19.3 Å². The van der Waals surface area contributed by atoms with Gasteiger partial charge in [-0.1, -0.05) is 0 Å². The normalized spacial score (nSPS) is 16.7. The molecule has 2 rings (SSSR count). The molecule has 0 aromatic carbocycles. The molecule has 15 heavy (non-hydrogen) atoms. The van der Waals surface area contributed by atoms with E-state index in [1.807, 2.05) is 4.90 Å². The summed E-state index contributed by atoms with van der Waals surface area (Å²) in [5, 5.41) is 0. The molecular weight excluding hydrogens is 194 g/mol. The summed E-state index contributed by atoms with van der Waals surface area (Å²) in [6.07, 6.45) is 3.43. The quantitative estimate of drug-likeness (QED) is 0.600. The Labute approximate surface area is 87.3 Å². The van der Waals surface area contributed by atoms with Crippen LogP contribution >= 0.6 is 0 Å². The fourth-order valence-electron chi connectivity index (χ4n) is 1.83. The van der Waals surface area contributed by atoms with Gasteiger partial charge >= 0.3 is 5.69 Å². The first-order chi connectivity index (χ1) is 7.18. The maximum atomic E-state index is 11.2. The first kappa shape index (κ1) is 9.82. The van der Waals surface area contributed by atoms with Gasteiger partial charge < -0.3 is 16.4 Å². The van der Waals surface area contributed by atoms with Gasteiger partial charge in [0, 0.05) is 13.1 Å². The van der Waals surface area contributed by atoms with Crippen molar-refractivity contribution < 1.29 is 0 Å². The highest BCUT2D eigenvalue weighted by molar-refractivity contribution is 5.73. The van der Waals surface area contributed by atoms with Gasteiger partial charge in [-0.15, -0.1) is 0 Å². The summed E-state index contributed by atoms with van der Waals surface area (Å²) in [5.41, 5.74) is 11.3. The molecule has 0 bridgehead atoms. The fraction of sp³-hybridized carbons (Fsp3) is 0.556. The Morgan fingerprint density at radius 2 is 1.87 bits per heavy atom. The number of hydrogen-bond acceptors (Lipinski definition) is 5. The highest BCUT2D eigenvalue weighted by atomic mass is 16.1. The number of nitrogens with one attached hydrogen (secondary N) is 1. The molecule has 5 N–H and O–H groups in total. The fourth-order valence-corrected chi connectivity index (χ4v) is 1.83. The zero-order chi connectivity index (χ0) is 10.8. The summed E-state index contributed by atoms with van der Waals surface area (Å²) in [7, 11) is 0. The molecule has 1 aromatic rings. The number of nitrogens with zero attached hydrogens (tertiary/aromatic N) is 2. The van der Waals surface area contributed by atoms with Crippen LogP contribution in [0.15, 0.2) is 4.79 Å². The number of H-pyrrole nitrogens is 1. The van der Waals surface area contributed by atoms with Crippen LogP contribution in [0, 0.1) is 0 Å². The molecule has 1 aromatic heterocycles. The zero-order valence-electron chi connectivity index (χ0n) is 8.49.